The minimum absolute atomic E-state index is 0.858. The molecule has 0 radical (unpaired) electrons. The Bertz CT molecular complexity index is 594. The first-order valence-electron chi connectivity index (χ1n) is 7.14. The Morgan fingerprint density at radius 2 is 1.90 bits per heavy atom. The summed E-state index contributed by atoms with van der Waals surface area (Å²) in [5, 5.41) is 0. The normalized spacial score (nSPS) is 16.1. The van der Waals surface area contributed by atoms with Gasteiger partial charge in [0.05, 0.1) is 0 Å². The van der Waals surface area contributed by atoms with E-state index in [1.807, 2.05) is 24.4 Å². The Morgan fingerprint density at radius 3 is 2.57 bits per heavy atom. The zero-order chi connectivity index (χ0) is 14.7. The quantitative estimate of drug-likeness (QED) is 0.868. The Morgan fingerprint density at radius 1 is 1.10 bits per heavy atom. The zero-order valence-corrected chi connectivity index (χ0v) is 13.5. The lowest BCUT2D eigenvalue weighted by Gasteiger charge is -2.35. The average Bonchev–Trinajstić information content (AvgIpc) is 2.52. The molecule has 1 aromatic heterocycles. The van der Waals surface area contributed by atoms with Crippen LogP contribution in [0.15, 0.2) is 47.1 Å². The van der Waals surface area contributed by atoms with Crippen LogP contribution in [-0.2, 0) is 6.54 Å². The van der Waals surface area contributed by atoms with Crippen LogP contribution in [0.4, 0.5) is 11.5 Å². The number of pyridine rings is 1. The van der Waals surface area contributed by atoms with Gasteiger partial charge in [0.25, 0.3) is 0 Å². The molecular formula is C16H19BrN4. The molecule has 1 aromatic carbocycles. The molecule has 2 aromatic rings. The second-order valence-electron chi connectivity index (χ2n) is 5.29. The monoisotopic (exact) mass is 346 g/mol. The van der Waals surface area contributed by atoms with E-state index in [1.165, 1.54) is 5.56 Å². The van der Waals surface area contributed by atoms with Crippen molar-refractivity contribution in [2.24, 2.45) is 0 Å². The van der Waals surface area contributed by atoms with E-state index in [1.54, 1.807) is 0 Å². The van der Waals surface area contributed by atoms with E-state index in [0.717, 1.165) is 48.7 Å². The lowest BCUT2D eigenvalue weighted by Crippen LogP contribution is -2.46. The van der Waals surface area contributed by atoms with E-state index in [0.29, 0.717) is 0 Å². The van der Waals surface area contributed by atoms with Crippen molar-refractivity contribution in [2.45, 2.75) is 6.54 Å². The van der Waals surface area contributed by atoms with Gasteiger partial charge in [0, 0.05) is 49.1 Å². The Balaban J connectivity index is 1.59. The summed E-state index contributed by atoms with van der Waals surface area (Å²) < 4.78 is 1.03. The Hall–Kier alpha value is -1.59. The number of rotatable bonds is 3. The van der Waals surface area contributed by atoms with Crippen molar-refractivity contribution in [3.63, 3.8) is 0 Å². The molecule has 5 heteroatoms. The average molecular weight is 347 g/mol. The summed E-state index contributed by atoms with van der Waals surface area (Å²) in [6.07, 6.45) is 1.85. The van der Waals surface area contributed by atoms with Crippen LogP contribution in [0.3, 0.4) is 0 Å². The zero-order valence-electron chi connectivity index (χ0n) is 11.9. The number of hydrogen-bond donors (Lipinski definition) is 1. The predicted octanol–water partition coefficient (Wildman–Crippen LogP) is 2.75. The molecule has 2 N–H and O–H groups in total. The molecule has 1 aliphatic heterocycles. The summed E-state index contributed by atoms with van der Waals surface area (Å²) in [5.74, 6) is 1.07. The number of nitrogens with two attached hydrogens (primary N) is 1. The van der Waals surface area contributed by atoms with Crippen LogP contribution in [0, 0.1) is 0 Å². The third-order valence-corrected chi connectivity index (χ3v) is 4.34. The number of hydrogen-bond acceptors (Lipinski definition) is 4. The summed E-state index contributed by atoms with van der Waals surface area (Å²) in [7, 11) is 0. The summed E-state index contributed by atoms with van der Waals surface area (Å²) in [6.45, 7) is 4.99. The Labute approximate surface area is 133 Å². The number of benzene rings is 1. The van der Waals surface area contributed by atoms with Crippen LogP contribution >= 0.6 is 15.9 Å². The van der Waals surface area contributed by atoms with Gasteiger partial charge in [-0.15, -0.1) is 0 Å². The molecule has 0 aliphatic carbocycles. The number of halogens is 1. The van der Waals surface area contributed by atoms with Crippen molar-refractivity contribution in [1.29, 1.82) is 0 Å². The molecule has 110 valence electrons. The summed E-state index contributed by atoms with van der Waals surface area (Å²) in [4.78, 5) is 9.20. The fraction of sp³-hybridized carbons (Fsp3) is 0.312. The minimum atomic E-state index is 0.858. The van der Waals surface area contributed by atoms with Crippen molar-refractivity contribution in [1.82, 2.24) is 9.88 Å². The van der Waals surface area contributed by atoms with Gasteiger partial charge in [-0.25, -0.2) is 4.98 Å². The van der Waals surface area contributed by atoms with E-state index in [4.69, 9.17) is 5.73 Å². The highest BCUT2D eigenvalue weighted by atomic mass is 79.9. The second-order valence-corrected chi connectivity index (χ2v) is 6.21. The highest BCUT2D eigenvalue weighted by Crippen LogP contribution is 2.21. The van der Waals surface area contributed by atoms with E-state index < -0.39 is 0 Å². The lowest BCUT2D eigenvalue weighted by atomic mass is 10.1. The molecule has 4 nitrogen and oxygen atoms in total. The molecule has 2 heterocycles. The third kappa shape index (κ3) is 3.54. The number of anilines is 2. The topological polar surface area (TPSA) is 45.4 Å². The molecule has 1 saturated heterocycles. The number of aromatic nitrogens is 1. The number of nitrogen functional groups attached to an aromatic ring is 1. The van der Waals surface area contributed by atoms with Crippen molar-refractivity contribution in [3.8, 4) is 0 Å². The SMILES string of the molecule is Nc1cc(Br)ccc1CN1CCN(c2ccccn2)CC1. The fourth-order valence-electron chi connectivity index (χ4n) is 2.63. The molecule has 0 amide bonds. The van der Waals surface area contributed by atoms with Gasteiger partial charge in [0.2, 0.25) is 0 Å². The maximum Gasteiger partial charge on any atom is 0.128 e. The molecule has 0 unspecified atom stereocenters. The van der Waals surface area contributed by atoms with E-state index in [9.17, 15) is 0 Å². The lowest BCUT2D eigenvalue weighted by molar-refractivity contribution is 0.249. The van der Waals surface area contributed by atoms with E-state index >= 15 is 0 Å². The minimum Gasteiger partial charge on any atom is -0.398 e. The molecule has 21 heavy (non-hydrogen) atoms. The van der Waals surface area contributed by atoms with Crippen molar-refractivity contribution >= 4 is 27.4 Å². The summed E-state index contributed by atoms with van der Waals surface area (Å²) >= 11 is 3.45. The molecule has 0 bridgehead atoms. The second kappa shape index (κ2) is 6.45. The molecule has 1 fully saturated rings. The maximum absolute atomic E-state index is 6.08. The van der Waals surface area contributed by atoms with Crippen molar-refractivity contribution < 1.29 is 0 Å². The first-order valence-corrected chi connectivity index (χ1v) is 7.94. The van der Waals surface area contributed by atoms with E-state index in [2.05, 4.69) is 48.9 Å². The molecule has 3 rings (SSSR count). The van der Waals surface area contributed by atoms with Crippen LogP contribution in [0.25, 0.3) is 0 Å². The van der Waals surface area contributed by atoms with Gasteiger partial charge in [-0.1, -0.05) is 28.1 Å². The predicted molar refractivity (Wildman–Crippen MR) is 90.3 cm³/mol. The number of nitrogens with zero attached hydrogens (tertiary/aromatic N) is 3. The molecule has 0 atom stereocenters. The van der Waals surface area contributed by atoms with Gasteiger partial charge >= 0.3 is 0 Å². The van der Waals surface area contributed by atoms with Gasteiger partial charge < -0.3 is 10.6 Å². The van der Waals surface area contributed by atoms with Gasteiger partial charge in [-0.05, 0) is 29.8 Å². The van der Waals surface area contributed by atoms with Crippen LogP contribution in [0.2, 0.25) is 0 Å². The van der Waals surface area contributed by atoms with Crippen LogP contribution in [0.5, 0.6) is 0 Å². The van der Waals surface area contributed by atoms with E-state index in [-0.39, 0.29) is 0 Å². The van der Waals surface area contributed by atoms with Gasteiger partial charge in [0.15, 0.2) is 0 Å². The standard InChI is InChI=1S/C16H19BrN4/c17-14-5-4-13(15(18)11-14)12-20-7-9-21(10-8-20)16-3-1-2-6-19-16/h1-6,11H,7-10,12,18H2. The first kappa shape index (κ1) is 14.4. The van der Waals surface area contributed by atoms with Crippen molar-refractivity contribution in [3.05, 3.63) is 52.6 Å². The van der Waals surface area contributed by atoms with Crippen LogP contribution < -0.4 is 10.6 Å². The molecule has 0 spiro atoms. The smallest absolute Gasteiger partial charge is 0.128 e. The summed E-state index contributed by atoms with van der Waals surface area (Å²) in [6, 6.07) is 12.2. The van der Waals surface area contributed by atoms with Crippen molar-refractivity contribution in [2.75, 3.05) is 36.8 Å². The molecule has 1 aliphatic rings. The van der Waals surface area contributed by atoms with Crippen LogP contribution in [-0.4, -0.2) is 36.1 Å². The number of piperazine rings is 1. The highest BCUT2D eigenvalue weighted by molar-refractivity contribution is 9.10. The van der Waals surface area contributed by atoms with Gasteiger partial charge in [-0.2, -0.15) is 0 Å². The van der Waals surface area contributed by atoms with Gasteiger partial charge in [0.1, 0.15) is 5.82 Å². The largest absolute Gasteiger partial charge is 0.398 e. The fourth-order valence-corrected chi connectivity index (χ4v) is 3.01. The maximum atomic E-state index is 6.08. The third-order valence-electron chi connectivity index (χ3n) is 3.85. The van der Waals surface area contributed by atoms with Gasteiger partial charge in [-0.3, -0.25) is 4.90 Å². The van der Waals surface area contributed by atoms with Crippen LogP contribution in [0.1, 0.15) is 5.56 Å². The molecule has 0 saturated carbocycles. The summed E-state index contributed by atoms with van der Waals surface area (Å²) in [5.41, 5.74) is 8.14. The first-order chi connectivity index (χ1) is 10.2. The molecular weight excluding hydrogens is 328 g/mol. The Kier molecular flexibility index (Phi) is 4.41. The highest BCUT2D eigenvalue weighted by Gasteiger charge is 2.18.